The molecular formula is C19H15ClN2O5. The Bertz CT molecular complexity index is 1020. The predicted molar refractivity (Wildman–Crippen MR) is 100 cm³/mol. The van der Waals surface area contributed by atoms with Crippen LogP contribution in [0.4, 0.5) is 5.69 Å². The maximum Gasteiger partial charge on any atom is 0.338 e. The molecule has 8 heteroatoms. The molecule has 0 amide bonds. The van der Waals surface area contributed by atoms with E-state index < -0.39 is 10.9 Å². The molecule has 0 aliphatic rings. The summed E-state index contributed by atoms with van der Waals surface area (Å²) in [6.45, 7) is 1.89. The number of rotatable bonds is 6. The van der Waals surface area contributed by atoms with E-state index in [9.17, 15) is 14.9 Å². The van der Waals surface area contributed by atoms with Gasteiger partial charge >= 0.3 is 11.7 Å². The lowest BCUT2D eigenvalue weighted by molar-refractivity contribution is -0.385. The lowest BCUT2D eigenvalue weighted by Crippen LogP contribution is -2.07. The molecule has 7 nitrogen and oxygen atoms in total. The average molecular weight is 387 g/mol. The number of carbonyl (C=O) groups excluding carboxylic acids is 1. The number of esters is 1. The van der Waals surface area contributed by atoms with Crippen LogP contribution in [-0.2, 0) is 11.3 Å². The highest BCUT2D eigenvalue weighted by atomic mass is 35.5. The van der Waals surface area contributed by atoms with Crippen molar-refractivity contribution < 1.29 is 19.2 Å². The minimum absolute atomic E-state index is 0.0509. The Hall–Kier alpha value is -3.19. The van der Waals surface area contributed by atoms with E-state index in [4.69, 9.17) is 21.1 Å². The minimum atomic E-state index is -0.703. The van der Waals surface area contributed by atoms with Gasteiger partial charge in [-0.25, -0.2) is 9.78 Å². The van der Waals surface area contributed by atoms with E-state index >= 15 is 0 Å². The monoisotopic (exact) mass is 386 g/mol. The molecule has 1 aromatic heterocycles. The first kappa shape index (κ1) is 18.6. The fraction of sp³-hybridized carbons (Fsp3) is 0.158. The highest BCUT2D eigenvalue weighted by Crippen LogP contribution is 2.28. The van der Waals surface area contributed by atoms with E-state index in [1.807, 2.05) is 24.3 Å². The second kappa shape index (κ2) is 8.01. The molecule has 1 heterocycles. The third kappa shape index (κ3) is 4.15. The summed E-state index contributed by atoms with van der Waals surface area (Å²) in [7, 11) is 0. The van der Waals surface area contributed by atoms with Gasteiger partial charge in [0.25, 0.3) is 0 Å². The van der Waals surface area contributed by atoms with Crippen LogP contribution in [-0.4, -0.2) is 22.5 Å². The number of nitro groups is 1. The van der Waals surface area contributed by atoms with Gasteiger partial charge in [-0.05, 0) is 31.2 Å². The van der Waals surface area contributed by atoms with Crippen molar-refractivity contribution in [2.24, 2.45) is 0 Å². The van der Waals surface area contributed by atoms with Crippen LogP contribution in [0.3, 0.4) is 0 Å². The Kier molecular flexibility index (Phi) is 5.52. The van der Waals surface area contributed by atoms with Crippen LogP contribution in [0.2, 0.25) is 5.15 Å². The number of nitro benzene ring substituents is 1. The predicted octanol–water partition coefficient (Wildman–Crippen LogP) is 4.55. The number of nitrogens with zero attached hydrogens (tertiary/aromatic N) is 2. The van der Waals surface area contributed by atoms with Gasteiger partial charge in [0, 0.05) is 17.0 Å². The zero-order valence-electron chi connectivity index (χ0n) is 14.3. The molecular weight excluding hydrogens is 372 g/mol. The number of hydrogen-bond acceptors (Lipinski definition) is 6. The van der Waals surface area contributed by atoms with Crippen molar-refractivity contribution in [1.82, 2.24) is 4.98 Å². The molecule has 0 aliphatic carbocycles. The zero-order chi connectivity index (χ0) is 19.4. The molecule has 3 rings (SSSR count). The van der Waals surface area contributed by atoms with Gasteiger partial charge in [-0.2, -0.15) is 0 Å². The summed E-state index contributed by atoms with van der Waals surface area (Å²) < 4.78 is 10.5. The van der Waals surface area contributed by atoms with Crippen LogP contribution in [0.25, 0.3) is 10.9 Å². The first-order valence-electron chi connectivity index (χ1n) is 8.12. The summed E-state index contributed by atoms with van der Waals surface area (Å²) in [6.07, 6.45) is 0. The topological polar surface area (TPSA) is 91.6 Å². The first-order chi connectivity index (χ1) is 13.0. The van der Waals surface area contributed by atoms with E-state index in [-0.39, 0.29) is 35.4 Å². The highest BCUT2D eigenvalue weighted by molar-refractivity contribution is 6.30. The van der Waals surface area contributed by atoms with Gasteiger partial charge in [0.1, 0.15) is 11.8 Å². The standard InChI is InChI=1S/C19H15ClN2O5/c1-2-26-17-8-7-13(10-16(17)22(24)25)19(23)27-11-14-9-12-5-3-4-6-15(12)21-18(14)20/h3-10H,2,11H2,1H3. The van der Waals surface area contributed by atoms with Crippen LogP contribution < -0.4 is 4.74 Å². The molecule has 0 fully saturated rings. The zero-order valence-corrected chi connectivity index (χ0v) is 15.1. The number of pyridine rings is 1. The third-order valence-corrected chi connectivity index (χ3v) is 4.13. The summed E-state index contributed by atoms with van der Waals surface area (Å²) in [6, 6.07) is 13.1. The number of carbonyl (C=O) groups is 1. The van der Waals surface area contributed by atoms with Gasteiger partial charge in [0.15, 0.2) is 5.75 Å². The number of ether oxygens (including phenoxy) is 2. The van der Waals surface area contributed by atoms with Gasteiger partial charge in [-0.15, -0.1) is 0 Å². The van der Waals surface area contributed by atoms with Crippen molar-refractivity contribution in [3.63, 3.8) is 0 Å². The SMILES string of the molecule is CCOc1ccc(C(=O)OCc2cc3ccccc3nc2Cl)cc1[N+](=O)[O-]. The molecule has 0 atom stereocenters. The molecule has 0 bridgehead atoms. The molecule has 0 radical (unpaired) electrons. The van der Waals surface area contributed by atoms with E-state index in [0.717, 1.165) is 17.0 Å². The molecule has 0 saturated carbocycles. The van der Waals surface area contributed by atoms with Crippen molar-refractivity contribution in [3.8, 4) is 5.75 Å². The maximum absolute atomic E-state index is 12.3. The molecule has 0 spiro atoms. The summed E-state index contributed by atoms with van der Waals surface area (Å²) >= 11 is 6.15. The number of halogens is 1. The fourth-order valence-corrected chi connectivity index (χ4v) is 2.73. The number of para-hydroxylation sites is 1. The van der Waals surface area contributed by atoms with Crippen LogP contribution >= 0.6 is 11.6 Å². The van der Waals surface area contributed by atoms with Crippen LogP contribution in [0.1, 0.15) is 22.8 Å². The quantitative estimate of drug-likeness (QED) is 0.267. The second-order valence-electron chi connectivity index (χ2n) is 5.58. The Morgan fingerprint density at radius 1 is 1.22 bits per heavy atom. The lowest BCUT2D eigenvalue weighted by atomic mass is 10.1. The van der Waals surface area contributed by atoms with E-state index in [1.165, 1.54) is 12.1 Å². The lowest BCUT2D eigenvalue weighted by Gasteiger charge is -2.09. The molecule has 0 unspecified atom stereocenters. The number of hydrogen-bond donors (Lipinski definition) is 0. The van der Waals surface area contributed by atoms with Crippen LogP contribution in [0.5, 0.6) is 5.75 Å². The first-order valence-corrected chi connectivity index (χ1v) is 8.50. The van der Waals surface area contributed by atoms with Gasteiger partial charge in [-0.3, -0.25) is 10.1 Å². The molecule has 0 N–H and O–H groups in total. The fourth-order valence-electron chi connectivity index (χ4n) is 2.53. The maximum atomic E-state index is 12.3. The Labute approximate surface area is 159 Å². The van der Waals surface area contributed by atoms with E-state index in [0.29, 0.717) is 5.56 Å². The summed E-state index contributed by atoms with van der Waals surface area (Å²) in [4.78, 5) is 27.1. The Morgan fingerprint density at radius 3 is 2.74 bits per heavy atom. The number of benzene rings is 2. The largest absolute Gasteiger partial charge is 0.487 e. The summed E-state index contributed by atoms with van der Waals surface area (Å²) in [5.41, 5.74) is 1.04. The van der Waals surface area contributed by atoms with Crippen LogP contribution in [0, 0.1) is 10.1 Å². The third-order valence-electron chi connectivity index (χ3n) is 3.80. The smallest absolute Gasteiger partial charge is 0.338 e. The number of aromatic nitrogens is 1. The minimum Gasteiger partial charge on any atom is -0.487 e. The molecule has 0 saturated heterocycles. The van der Waals surface area contributed by atoms with Crippen molar-refractivity contribution >= 4 is 34.2 Å². The van der Waals surface area contributed by atoms with Crippen LogP contribution in [0.15, 0.2) is 48.5 Å². The summed E-state index contributed by atoms with van der Waals surface area (Å²) in [5, 5.41) is 12.3. The second-order valence-corrected chi connectivity index (χ2v) is 5.94. The van der Waals surface area contributed by atoms with Gasteiger partial charge in [0.05, 0.1) is 22.6 Å². The van der Waals surface area contributed by atoms with E-state index in [1.54, 1.807) is 13.0 Å². The van der Waals surface area contributed by atoms with Crippen molar-refractivity contribution in [2.75, 3.05) is 6.61 Å². The van der Waals surface area contributed by atoms with Crippen molar-refractivity contribution in [3.05, 3.63) is 74.9 Å². The molecule has 2 aromatic carbocycles. The normalized spacial score (nSPS) is 10.6. The molecule has 27 heavy (non-hydrogen) atoms. The van der Waals surface area contributed by atoms with Gasteiger partial charge < -0.3 is 9.47 Å². The summed E-state index contributed by atoms with van der Waals surface area (Å²) in [5.74, 6) is -0.605. The highest BCUT2D eigenvalue weighted by Gasteiger charge is 2.19. The van der Waals surface area contributed by atoms with Gasteiger partial charge in [0.2, 0.25) is 0 Å². The van der Waals surface area contributed by atoms with Crippen molar-refractivity contribution in [1.29, 1.82) is 0 Å². The van der Waals surface area contributed by atoms with E-state index in [2.05, 4.69) is 4.98 Å². The molecule has 3 aromatic rings. The number of fused-ring (bicyclic) bond motifs is 1. The molecule has 138 valence electrons. The Balaban J connectivity index is 1.79. The van der Waals surface area contributed by atoms with Crippen molar-refractivity contribution in [2.45, 2.75) is 13.5 Å². The average Bonchev–Trinajstić information content (AvgIpc) is 2.66. The van der Waals surface area contributed by atoms with Gasteiger partial charge in [-0.1, -0.05) is 29.8 Å². The molecule has 0 aliphatic heterocycles. The Morgan fingerprint density at radius 2 is 2.00 bits per heavy atom.